The molecule has 28 heavy (non-hydrogen) atoms. The van der Waals surface area contributed by atoms with E-state index < -0.39 is 11.8 Å². The fraction of sp³-hybridized carbons (Fsp3) is 0.316. The van der Waals surface area contributed by atoms with Crippen molar-refractivity contribution in [2.45, 2.75) is 0 Å². The Bertz CT molecular complexity index is 857. The van der Waals surface area contributed by atoms with E-state index in [2.05, 4.69) is 5.32 Å². The Kier molecular flexibility index (Phi) is 5.83. The first-order valence-electron chi connectivity index (χ1n) is 8.68. The second-order valence-electron chi connectivity index (χ2n) is 6.08. The minimum Gasteiger partial charge on any atom is -0.497 e. The van der Waals surface area contributed by atoms with E-state index in [9.17, 15) is 14.4 Å². The molecule has 1 aromatic carbocycles. The number of carbonyl (C=O) groups excluding carboxylic acids is 3. The van der Waals surface area contributed by atoms with Crippen molar-refractivity contribution in [2.24, 2.45) is 0 Å². The summed E-state index contributed by atoms with van der Waals surface area (Å²) >= 11 is 0. The largest absolute Gasteiger partial charge is 0.497 e. The van der Waals surface area contributed by atoms with Crippen LogP contribution >= 0.6 is 0 Å². The van der Waals surface area contributed by atoms with Gasteiger partial charge in [-0.1, -0.05) is 0 Å². The molecule has 1 saturated heterocycles. The van der Waals surface area contributed by atoms with E-state index in [4.69, 9.17) is 13.9 Å². The third-order valence-corrected chi connectivity index (χ3v) is 4.44. The quantitative estimate of drug-likeness (QED) is 0.792. The number of methoxy groups -OCH3 is 2. The third-order valence-electron chi connectivity index (χ3n) is 4.44. The molecular weight excluding hydrogens is 366 g/mol. The Balaban J connectivity index is 1.59. The van der Waals surface area contributed by atoms with Gasteiger partial charge in [0.05, 0.1) is 26.2 Å². The van der Waals surface area contributed by atoms with Gasteiger partial charge in [0.25, 0.3) is 5.91 Å². The van der Waals surface area contributed by atoms with Gasteiger partial charge in [-0.2, -0.15) is 0 Å². The summed E-state index contributed by atoms with van der Waals surface area (Å²) in [7, 11) is 2.97. The summed E-state index contributed by atoms with van der Waals surface area (Å²) in [5, 5.41) is 2.56. The highest BCUT2D eigenvalue weighted by Gasteiger charge is 2.29. The molecule has 1 aliphatic heterocycles. The lowest BCUT2D eigenvalue weighted by Crippen LogP contribution is -2.52. The fourth-order valence-corrected chi connectivity index (χ4v) is 2.90. The Morgan fingerprint density at radius 1 is 1.00 bits per heavy atom. The number of nitrogens with zero attached hydrogens (tertiary/aromatic N) is 2. The van der Waals surface area contributed by atoms with Crippen molar-refractivity contribution < 1.29 is 28.3 Å². The van der Waals surface area contributed by atoms with E-state index in [1.54, 1.807) is 35.2 Å². The number of amides is 3. The standard InChI is InChI=1S/C19H21N3O6/c1-26-13-5-6-15(27-2)14(12-13)20-17(23)19(25)22-9-7-21(8-10-22)18(24)16-4-3-11-28-16/h3-6,11-12H,7-10H2,1-2H3,(H,20,23). The van der Waals surface area contributed by atoms with Crippen molar-refractivity contribution in [1.29, 1.82) is 0 Å². The lowest BCUT2D eigenvalue weighted by molar-refractivity contribution is -0.144. The normalized spacial score (nSPS) is 13.8. The molecule has 9 nitrogen and oxygen atoms in total. The van der Waals surface area contributed by atoms with Crippen LogP contribution in [0, 0.1) is 0 Å². The van der Waals surface area contributed by atoms with Crippen LogP contribution in [0.15, 0.2) is 41.0 Å². The topological polar surface area (TPSA) is 101 Å². The van der Waals surface area contributed by atoms with Gasteiger partial charge in [-0.25, -0.2) is 0 Å². The van der Waals surface area contributed by atoms with E-state index in [0.717, 1.165) is 0 Å². The van der Waals surface area contributed by atoms with Crippen LogP contribution in [0.1, 0.15) is 10.6 Å². The molecule has 2 aromatic rings. The fourth-order valence-electron chi connectivity index (χ4n) is 2.90. The van der Waals surface area contributed by atoms with Gasteiger partial charge < -0.3 is 29.0 Å². The van der Waals surface area contributed by atoms with Gasteiger partial charge in [0.1, 0.15) is 11.5 Å². The minimum absolute atomic E-state index is 0.234. The van der Waals surface area contributed by atoms with E-state index >= 15 is 0 Å². The molecule has 1 fully saturated rings. The number of rotatable bonds is 4. The van der Waals surface area contributed by atoms with Gasteiger partial charge in [-0.15, -0.1) is 0 Å². The predicted octanol–water partition coefficient (Wildman–Crippen LogP) is 1.22. The lowest BCUT2D eigenvalue weighted by atomic mass is 10.2. The van der Waals surface area contributed by atoms with E-state index in [1.165, 1.54) is 25.4 Å². The van der Waals surface area contributed by atoms with Crippen LogP contribution in [-0.4, -0.2) is 67.9 Å². The van der Waals surface area contributed by atoms with Gasteiger partial charge in [-0.3, -0.25) is 14.4 Å². The number of furan rings is 1. The third kappa shape index (κ3) is 4.08. The number of nitrogens with one attached hydrogen (secondary N) is 1. The molecule has 1 aromatic heterocycles. The summed E-state index contributed by atoms with van der Waals surface area (Å²) in [6.45, 7) is 1.16. The zero-order valence-corrected chi connectivity index (χ0v) is 15.6. The average molecular weight is 387 g/mol. The van der Waals surface area contributed by atoms with Crippen molar-refractivity contribution in [3.05, 3.63) is 42.4 Å². The van der Waals surface area contributed by atoms with Crippen molar-refractivity contribution in [1.82, 2.24) is 9.80 Å². The van der Waals surface area contributed by atoms with Crippen molar-refractivity contribution in [3.63, 3.8) is 0 Å². The Morgan fingerprint density at radius 3 is 2.32 bits per heavy atom. The molecule has 0 unspecified atom stereocenters. The summed E-state index contributed by atoms with van der Waals surface area (Å²) in [6.07, 6.45) is 1.43. The van der Waals surface area contributed by atoms with Crippen molar-refractivity contribution in [3.8, 4) is 11.5 Å². The predicted molar refractivity (Wildman–Crippen MR) is 99.4 cm³/mol. The van der Waals surface area contributed by atoms with Crippen molar-refractivity contribution in [2.75, 3.05) is 45.7 Å². The number of anilines is 1. The molecule has 3 amide bonds. The summed E-state index contributed by atoms with van der Waals surface area (Å²) in [5.74, 6) is -0.498. The molecule has 0 atom stereocenters. The summed E-state index contributed by atoms with van der Waals surface area (Å²) in [6, 6.07) is 8.13. The summed E-state index contributed by atoms with van der Waals surface area (Å²) < 4.78 is 15.4. The molecule has 9 heteroatoms. The number of benzene rings is 1. The molecule has 3 rings (SSSR count). The van der Waals surface area contributed by atoms with E-state index in [-0.39, 0.29) is 24.8 Å². The first kappa shape index (κ1) is 19.3. The molecule has 0 saturated carbocycles. The van der Waals surface area contributed by atoms with Gasteiger partial charge in [-0.05, 0) is 24.3 Å². The summed E-state index contributed by atoms with van der Waals surface area (Å²) in [5.41, 5.74) is 0.340. The second kappa shape index (κ2) is 8.47. The first-order chi connectivity index (χ1) is 13.5. The minimum atomic E-state index is -0.780. The lowest BCUT2D eigenvalue weighted by Gasteiger charge is -2.33. The Morgan fingerprint density at radius 2 is 1.71 bits per heavy atom. The molecule has 0 spiro atoms. The van der Waals surface area contributed by atoms with Crippen LogP contribution in [0.4, 0.5) is 5.69 Å². The molecule has 0 bridgehead atoms. The average Bonchev–Trinajstić information content (AvgIpc) is 3.27. The zero-order chi connectivity index (χ0) is 20.1. The highest BCUT2D eigenvalue weighted by atomic mass is 16.5. The van der Waals surface area contributed by atoms with Crippen molar-refractivity contribution >= 4 is 23.4 Å². The molecule has 0 radical (unpaired) electrons. The highest BCUT2D eigenvalue weighted by molar-refractivity contribution is 6.39. The zero-order valence-electron chi connectivity index (χ0n) is 15.6. The second-order valence-corrected chi connectivity index (χ2v) is 6.08. The smallest absolute Gasteiger partial charge is 0.314 e. The number of carbonyl (C=O) groups is 3. The molecule has 2 heterocycles. The van der Waals surface area contributed by atoms with Crippen LogP contribution in [0.5, 0.6) is 11.5 Å². The molecular formula is C19H21N3O6. The van der Waals surface area contributed by atoms with Crippen LogP contribution in [0.3, 0.4) is 0 Å². The maximum atomic E-state index is 12.5. The first-order valence-corrected chi connectivity index (χ1v) is 8.68. The van der Waals surface area contributed by atoms with Gasteiger partial charge in [0.2, 0.25) is 0 Å². The molecule has 0 aliphatic carbocycles. The maximum Gasteiger partial charge on any atom is 0.314 e. The molecule has 1 N–H and O–H groups in total. The number of hydrogen-bond acceptors (Lipinski definition) is 6. The molecule has 1 aliphatic rings. The number of ether oxygens (including phenoxy) is 2. The van der Waals surface area contributed by atoms with E-state index in [1.807, 2.05) is 0 Å². The van der Waals surface area contributed by atoms with Gasteiger partial charge in [0, 0.05) is 32.2 Å². The number of piperazine rings is 1. The SMILES string of the molecule is COc1ccc(OC)c(NC(=O)C(=O)N2CCN(C(=O)c3ccco3)CC2)c1. The number of hydrogen-bond donors (Lipinski definition) is 1. The van der Waals surface area contributed by atoms with Crippen LogP contribution in [-0.2, 0) is 9.59 Å². The monoisotopic (exact) mass is 387 g/mol. The maximum absolute atomic E-state index is 12.5. The van der Waals surface area contributed by atoms with Crippen LogP contribution < -0.4 is 14.8 Å². The van der Waals surface area contributed by atoms with Gasteiger partial charge in [0.15, 0.2) is 5.76 Å². The van der Waals surface area contributed by atoms with Crippen LogP contribution in [0.25, 0.3) is 0 Å². The Labute approximate surface area is 161 Å². The van der Waals surface area contributed by atoms with Crippen LogP contribution in [0.2, 0.25) is 0 Å². The van der Waals surface area contributed by atoms with Gasteiger partial charge >= 0.3 is 11.8 Å². The highest BCUT2D eigenvalue weighted by Crippen LogP contribution is 2.28. The summed E-state index contributed by atoms with van der Waals surface area (Å²) in [4.78, 5) is 40.1. The van der Waals surface area contributed by atoms with E-state index in [0.29, 0.717) is 30.3 Å². The molecule has 148 valence electrons. The Hall–Kier alpha value is -3.49.